The largest absolute Gasteiger partial charge is 0.462 e. The first-order chi connectivity index (χ1) is 10.5. The Hall–Kier alpha value is -1.07. The first-order valence-electron chi connectivity index (χ1n) is 7.87. The Morgan fingerprint density at radius 2 is 2.18 bits per heavy atom. The van der Waals surface area contributed by atoms with Crippen molar-refractivity contribution in [2.45, 2.75) is 46.5 Å². The number of rotatable bonds is 7. The van der Waals surface area contributed by atoms with E-state index in [1.54, 1.807) is 11.0 Å². The molecule has 0 N–H and O–H groups in total. The Labute approximate surface area is 142 Å². The van der Waals surface area contributed by atoms with E-state index in [4.69, 9.17) is 16.6 Å². The van der Waals surface area contributed by atoms with Crippen molar-refractivity contribution in [3.63, 3.8) is 0 Å². The number of carbonyl (C=O) groups is 1. The summed E-state index contributed by atoms with van der Waals surface area (Å²) >= 11 is 6.76. The van der Waals surface area contributed by atoms with Gasteiger partial charge in [-0.3, -0.25) is 9.69 Å². The standard InChI is InChI=1S/C17H23NO2S2/c1-4-6-7-13(5-2)11-18-16(19)15(22-17(18)21)10-14-9-8-12(3)20-14/h8-10,13H,4-7,11H2,1-3H3/b15-10-. The fraction of sp³-hybridized carbons (Fsp3) is 0.529. The molecule has 0 bridgehead atoms. The van der Waals surface area contributed by atoms with Crippen LogP contribution in [0.15, 0.2) is 21.5 Å². The maximum atomic E-state index is 12.6. The van der Waals surface area contributed by atoms with E-state index < -0.39 is 0 Å². The molecular weight excluding hydrogens is 314 g/mol. The summed E-state index contributed by atoms with van der Waals surface area (Å²) in [6.45, 7) is 7.00. The van der Waals surface area contributed by atoms with E-state index in [0.29, 0.717) is 20.9 Å². The first-order valence-corrected chi connectivity index (χ1v) is 9.09. The molecule has 1 aliphatic heterocycles. The molecule has 1 fully saturated rings. The molecule has 0 radical (unpaired) electrons. The van der Waals surface area contributed by atoms with E-state index in [1.807, 2.05) is 19.1 Å². The van der Waals surface area contributed by atoms with Gasteiger partial charge in [0.05, 0.1) is 4.91 Å². The number of thioether (sulfide) groups is 1. The third-order valence-corrected chi connectivity index (χ3v) is 5.27. The third-order valence-electron chi connectivity index (χ3n) is 3.89. The number of amides is 1. The van der Waals surface area contributed by atoms with Crippen LogP contribution in [0, 0.1) is 12.8 Å². The Bertz CT molecular complexity index is 577. The van der Waals surface area contributed by atoms with Gasteiger partial charge in [0.25, 0.3) is 5.91 Å². The predicted octanol–water partition coefficient (Wildman–Crippen LogP) is 5.01. The van der Waals surface area contributed by atoms with Crippen molar-refractivity contribution in [1.29, 1.82) is 0 Å². The zero-order valence-corrected chi connectivity index (χ0v) is 15.1. The molecule has 1 aliphatic rings. The number of unbranched alkanes of at least 4 members (excludes halogenated alkanes) is 1. The van der Waals surface area contributed by atoms with Crippen LogP contribution in [0.3, 0.4) is 0 Å². The molecule has 120 valence electrons. The molecule has 5 heteroatoms. The van der Waals surface area contributed by atoms with Crippen LogP contribution < -0.4 is 0 Å². The molecule has 1 atom stereocenters. The minimum atomic E-state index is 0.0130. The highest BCUT2D eigenvalue weighted by molar-refractivity contribution is 8.26. The van der Waals surface area contributed by atoms with Gasteiger partial charge in [-0.1, -0.05) is 57.1 Å². The second kappa shape index (κ2) is 7.97. The highest BCUT2D eigenvalue weighted by Gasteiger charge is 2.33. The molecule has 0 aliphatic carbocycles. The van der Waals surface area contributed by atoms with Crippen molar-refractivity contribution < 1.29 is 9.21 Å². The summed E-state index contributed by atoms with van der Waals surface area (Å²) in [5.74, 6) is 2.08. The summed E-state index contributed by atoms with van der Waals surface area (Å²) in [4.78, 5) is 15.0. The van der Waals surface area contributed by atoms with Crippen molar-refractivity contribution in [1.82, 2.24) is 4.90 Å². The van der Waals surface area contributed by atoms with Crippen LogP contribution in [0.2, 0.25) is 0 Å². The van der Waals surface area contributed by atoms with Crippen LogP contribution in [0.1, 0.15) is 51.1 Å². The van der Waals surface area contributed by atoms with Crippen LogP contribution in [0.25, 0.3) is 6.08 Å². The van der Waals surface area contributed by atoms with E-state index in [1.165, 1.54) is 24.6 Å². The quantitative estimate of drug-likeness (QED) is 0.517. The molecule has 2 rings (SSSR count). The van der Waals surface area contributed by atoms with E-state index >= 15 is 0 Å². The van der Waals surface area contributed by atoms with E-state index in [9.17, 15) is 4.79 Å². The van der Waals surface area contributed by atoms with Gasteiger partial charge in [-0.15, -0.1) is 0 Å². The Morgan fingerprint density at radius 1 is 1.41 bits per heavy atom. The fourth-order valence-electron chi connectivity index (χ4n) is 2.49. The van der Waals surface area contributed by atoms with E-state index in [0.717, 1.165) is 25.1 Å². The highest BCUT2D eigenvalue weighted by Crippen LogP contribution is 2.34. The molecule has 0 aromatic carbocycles. The van der Waals surface area contributed by atoms with Crippen molar-refractivity contribution in [2.75, 3.05) is 6.54 Å². The zero-order valence-electron chi connectivity index (χ0n) is 13.4. The Balaban J connectivity index is 2.06. The maximum Gasteiger partial charge on any atom is 0.266 e. The van der Waals surface area contributed by atoms with Crippen molar-refractivity contribution in [2.24, 2.45) is 5.92 Å². The number of hydrogen-bond donors (Lipinski definition) is 0. The number of aryl methyl sites for hydroxylation is 1. The van der Waals surface area contributed by atoms with Crippen molar-refractivity contribution in [3.8, 4) is 0 Å². The van der Waals surface area contributed by atoms with E-state index in [2.05, 4.69) is 13.8 Å². The van der Waals surface area contributed by atoms with Crippen LogP contribution in [0.4, 0.5) is 0 Å². The van der Waals surface area contributed by atoms with Gasteiger partial charge in [-0.2, -0.15) is 0 Å². The first kappa shape index (κ1) is 17.3. The van der Waals surface area contributed by atoms with Gasteiger partial charge in [0, 0.05) is 12.6 Å². The molecule has 22 heavy (non-hydrogen) atoms. The number of thiocarbonyl (C=S) groups is 1. The number of nitrogens with zero attached hydrogens (tertiary/aromatic N) is 1. The number of furan rings is 1. The van der Waals surface area contributed by atoms with Gasteiger partial charge in [0.1, 0.15) is 15.8 Å². The monoisotopic (exact) mass is 337 g/mol. The van der Waals surface area contributed by atoms with Gasteiger partial charge < -0.3 is 4.42 Å². The van der Waals surface area contributed by atoms with E-state index in [-0.39, 0.29) is 5.91 Å². The molecule has 1 unspecified atom stereocenters. The maximum absolute atomic E-state index is 12.6. The molecule has 1 amide bonds. The lowest BCUT2D eigenvalue weighted by Gasteiger charge is -2.21. The summed E-state index contributed by atoms with van der Waals surface area (Å²) in [6, 6.07) is 3.77. The Morgan fingerprint density at radius 3 is 2.77 bits per heavy atom. The van der Waals surface area contributed by atoms with Crippen LogP contribution >= 0.6 is 24.0 Å². The lowest BCUT2D eigenvalue weighted by atomic mass is 9.99. The molecule has 1 aromatic heterocycles. The van der Waals surface area contributed by atoms with Gasteiger partial charge in [0.2, 0.25) is 0 Å². The van der Waals surface area contributed by atoms with Crippen LogP contribution in [0.5, 0.6) is 0 Å². The second-order valence-electron chi connectivity index (χ2n) is 5.66. The fourth-order valence-corrected chi connectivity index (χ4v) is 3.75. The third kappa shape index (κ3) is 4.23. The zero-order chi connectivity index (χ0) is 16.1. The summed E-state index contributed by atoms with van der Waals surface area (Å²) in [5, 5.41) is 0. The molecular formula is C17H23NO2S2. The molecule has 3 nitrogen and oxygen atoms in total. The van der Waals surface area contributed by atoms with Gasteiger partial charge in [0.15, 0.2) is 0 Å². The number of hydrogen-bond acceptors (Lipinski definition) is 4. The van der Waals surface area contributed by atoms with Crippen LogP contribution in [-0.2, 0) is 4.79 Å². The Kier molecular flexibility index (Phi) is 6.26. The van der Waals surface area contributed by atoms with Crippen molar-refractivity contribution in [3.05, 3.63) is 28.6 Å². The summed E-state index contributed by atoms with van der Waals surface area (Å²) < 4.78 is 6.18. The number of carbonyl (C=O) groups excluding carboxylic acids is 1. The van der Waals surface area contributed by atoms with Gasteiger partial charge >= 0.3 is 0 Å². The highest BCUT2D eigenvalue weighted by atomic mass is 32.2. The van der Waals surface area contributed by atoms with Crippen LogP contribution in [-0.4, -0.2) is 21.7 Å². The minimum Gasteiger partial charge on any atom is -0.462 e. The SMILES string of the molecule is CCCCC(CC)CN1C(=O)/C(=C/c2ccc(C)o2)SC1=S. The summed E-state index contributed by atoms with van der Waals surface area (Å²) in [5.41, 5.74) is 0. The summed E-state index contributed by atoms with van der Waals surface area (Å²) in [7, 11) is 0. The smallest absolute Gasteiger partial charge is 0.266 e. The molecule has 2 heterocycles. The lowest BCUT2D eigenvalue weighted by Crippen LogP contribution is -2.33. The predicted molar refractivity (Wildman–Crippen MR) is 96.6 cm³/mol. The topological polar surface area (TPSA) is 33.5 Å². The minimum absolute atomic E-state index is 0.0130. The second-order valence-corrected chi connectivity index (χ2v) is 7.33. The van der Waals surface area contributed by atoms with Gasteiger partial charge in [-0.05, 0) is 31.4 Å². The molecule has 0 spiro atoms. The van der Waals surface area contributed by atoms with Gasteiger partial charge in [-0.25, -0.2) is 0 Å². The summed E-state index contributed by atoms with van der Waals surface area (Å²) in [6.07, 6.45) is 6.41. The molecule has 1 aromatic rings. The molecule has 0 saturated carbocycles. The molecule has 1 saturated heterocycles. The average molecular weight is 338 g/mol. The van der Waals surface area contributed by atoms with Crippen molar-refractivity contribution >= 4 is 40.3 Å². The normalized spacial score (nSPS) is 18.5. The lowest BCUT2D eigenvalue weighted by molar-refractivity contribution is -0.122. The average Bonchev–Trinajstić information content (AvgIpc) is 3.01.